The van der Waals surface area contributed by atoms with Crippen molar-refractivity contribution >= 4 is 22.7 Å². The highest BCUT2D eigenvalue weighted by atomic mass is 16.5. The summed E-state index contributed by atoms with van der Waals surface area (Å²) in [5.41, 5.74) is 6.45. The summed E-state index contributed by atoms with van der Waals surface area (Å²) in [5, 5.41) is 0. The first kappa shape index (κ1) is 20.9. The number of amides is 1. The Morgan fingerprint density at radius 2 is 1.88 bits per heavy atom. The van der Waals surface area contributed by atoms with E-state index in [1.165, 1.54) is 0 Å². The number of carbonyl (C=O) groups excluding carboxylic acids is 1. The van der Waals surface area contributed by atoms with E-state index in [2.05, 4.69) is 40.8 Å². The number of aryl methyl sites for hydroxylation is 1. The minimum atomic E-state index is -0.0520. The number of aromatic nitrogens is 3. The number of hydrogen-bond donors (Lipinski definition) is 1. The van der Waals surface area contributed by atoms with Crippen LogP contribution in [0.15, 0.2) is 55.1 Å². The molecular weight excluding hydrogens is 416 g/mol. The second-order valence-electron chi connectivity index (χ2n) is 8.24. The molecule has 0 unspecified atom stereocenters. The maximum absolute atomic E-state index is 13.4. The number of ether oxygens (including phenoxy) is 2. The van der Waals surface area contributed by atoms with E-state index in [1.807, 2.05) is 47.7 Å². The number of H-pyrrole nitrogens is 1. The molecule has 1 aliphatic heterocycles. The summed E-state index contributed by atoms with van der Waals surface area (Å²) in [5.74, 6) is 2.18. The van der Waals surface area contributed by atoms with Gasteiger partial charge in [-0.1, -0.05) is 18.7 Å². The van der Waals surface area contributed by atoms with Crippen molar-refractivity contribution in [1.82, 2.24) is 19.4 Å². The van der Waals surface area contributed by atoms with Crippen LogP contribution in [-0.2, 0) is 18.3 Å². The van der Waals surface area contributed by atoms with Crippen molar-refractivity contribution in [2.24, 2.45) is 7.05 Å². The Kier molecular flexibility index (Phi) is 5.17. The lowest BCUT2D eigenvalue weighted by atomic mass is 10.0. The van der Waals surface area contributed by atoms with E-state index in [9.17, 15) is 4.79 Å². The van der Waals surface area contributed by atoms with Crippen LogP contribution in [0, 0.1) is 6.92 Å². The number of imidazole rings is 1. The molecule has 2 aromatic heterocycles. The molecule has 0 saturated heterocycles. The van der Waals surface area contributed by atoms with E-state index >= 15 is 0 Å². The fourth-order valence-electron chi connectivity index (χ4n) is 4.34. The predicted octanol–water partition coefficient (Wildman–Crippen LogP) is 4.53. The molecule has 33 heavy (non-hydrogen) atoms. The molecule has 7 nitrogen and oxygen atoms in total. The summed E-state index contributed by atoms with van der Waals surface area (Å²) in [7, 11) is 3.42. The Balaban J connectivity index is 1.45. The van der Waals surface area contributed by atoms with Crippen LogP contribution in [0.4, 0.5) is 0 Å². The molecule has 0 fully saturated rings. The molecule has 0 radical (unpaired) electrons. The van der Waals surface area contributed by atoms with Crippen molar-refractivity contribution in [3.05, 3.63) is 77.9 Å². The molecule has 3 heterocycles. The van der Waals surface area contributed by atoms with Gasteiger partial charge < -0.3 is 23.9 Å². The summed E-state index contributed by atoms with van der Waals surface area (Å²) in [4.78, 5) is 23.0. The zero-order valence-electron chi connectivity index (χ0n) is 19.0. The fraction of sp³-hybridized carbons (Fsp3) is 0.231. The second kappa shape index (κ2) is 8.16. The average Bonchev–Trinajstić information content (AvgIpc) is 3.30. The fourth-order valence-corrected chi connectivity index (χ4v) is 4.34. The summed E-state index contributed by atoms with van der Waals surface area (Å²) in [6.45, 7) is 7.27. The number of nitrogens with one attached hydrogen (secondary N) is 1. The van der Waals surface area contributed by atoms with Crippen molar-refractivity contribution in [1.29, 1.82) is 0 Å². The lowest BCUT2D eigenvalue weighted by Crippen LogP contribution is -2.33. The van der Waals surface area contributed by atoms with Crippen molar-refractivity contribution in [3.63, 3.8) is 0 Å². The third-order valence-corrected chi connectivity index (χ3v) is 6.13. The number of carbonyl (C=O) groups is 1. The first-order valence-electron chi connectivity index (χ1n) is 10.9. The molecule has 0 saturated carbocycles. The number of hydrogen-bond acceptors (Lipinski definition) is 4. The van der Waals surface area contributed by atoms with Gasteiger partial charge in [-0.2, -0.15) is 0 Å². The Bertz CT molecular complexity index is 1380. The van der Waals surface area contributed by atoms with E-state index < -0.39 is 0 Å². The Morgan fingerprint density at radius 1 is 1.12 bits per heavy atom. The topological polar surface area (TPSA) is 72.4 Å². The average molecular weight is 443 g/mol. The SMILES string of the molecule is C=C(OC)c1ccc(C(=O)N2CCOc3ccc(-c4ccc5nc(C)[nH]c5c4)cc3C2)n1C. The van der Waals surface area contributed by atoms with E-state index in [4.69, 9.17) is 9.47 Å². The van der Waals surface area contributed by atoms with Gasteiger partial charge in [0.2, 0.25) is 0 Å². The largest absolute Gasteiger partial charge is 0.495 e. The molecule has 0 spiro atoms. The van der Waals surface area contributed by atoms with Gasteiger partial charge in [0.25, 0.3) is 5.91 Å². The van der Waals surface area contributed by atoms with Crippen LogP contribution in [0.1, 0.15) is 27.6 Å². The molecule has 4 aromatic rings. The molecular formula is C26H26N4O3. The molecule has 0 aliphatic carbocycles. The van der Waals surface area contributed by atoms with Crippen LogP contribution in [0.5, 0.6) is 5.75 Å². The van der Waals surface area contributed by atoms with E-state index in [1.54, 1.807) is 7.11 Å². The zero-order valence-corrected chi connectivity index (χ0v) is 19.0. The first-order chi connectivity index (χ1) is 15.9. The van der Waals surface area contributed by atoms with Crippen LogP contribution >= 0.6 is 0 Å². The van der Waals surface area contributed by atoms with Crippen molar-refractivity contribution < 1.29 is 14.3 Å². The molecule has 1 aliphatic rings. The van der Waals surface area contributed by atoms with Crippen LogP contribution in [0.25, 0.3) is 27.9 Å². The quantitative estimate of drug-likeness (QED) is 0.472. The predicted molar refractivity (Wildman–Crippen MR) is 128 cm³/mol. The second-order valence-corrected chi connectivity index (χ2v) is 8.24. The lowest BCUT2D eigenvalue weighted by molar-refractivity contribution is 0.0723. The maximum Gasteiger partial charge on any atom is 0.270 e. The monoisotopic (exact) mass is 442 g/mol. The molecule has 7 heteroatoms. The van der Waals surface area contributed by atoms with Crippen molar-refractivity contribution in [2.45, 2.75) is 13.5 Å². The van der Waals surface area contributed by atoms with Gasteiger partial charge >= 0.3 is 0 Å². The van der Waals surface area contributed by atoms with Gasteiger partial charge in [-0.25, -0.2) is 4.98 Å². The Hall–Kier alpha value is -4.00. The summed E-state index contributed by atoms with van der Waals surface area (Å²) >= 11 is 0. The first-order valence-corrected chi connectivity index (χ1v) is 10.9. The highest BCUT2D eigenvalue weighted by Gasteiger charge is 2.24. The lowest BCUT2D eigenvalue weighted by Gasteiger charge is -2.21. The van der Waals surface area contributed by atoms with Gasteiger partial charge in [-0.05, 0) is 54.4 Å². The minimum Gasteiger partial charge on any atom is -0.495 e. The smallest absolute Gasteiger partial charge is 0.270 e. The maximum atomic E-state index is 13.4. The van der Waals surface area contributed by atoms with Gasteiger partial charge in [0.15, 0.2) is 0 Å². The van der Waals surface area contributed by atoms with E-state index in [0.29, 0.717) is 31.1 Å². The molecule has 0 bridgehead atoms. The third kappa shape index (κ3) is 3.75. The van der Waals surface area contributed by atoms with Gasteiger partial charge in [-0.15, -0.1) is 0 Å². The molecule has 1 amide bonds. The van der Waals surface area contributed by atoms with Crippen LogP contribution in [0.2, 0.25) is 0 Å². The highest BCUT2D eigenvalue weighted by Crippen LogP contribution is 2.31. The minimum absolute atomic E-state index is 0.0520. The van der Waals surface area contributed by atoms with Gasteiger partial charge in [0.05, 0.1) is 30.4 Å². The highest BCUT2D eigenvalue weighted by molar-refractivity contribution is 5.93. The zero-order chi connectivity index (χ0) is 23.1. The molecule has 5 rings (SSSR count). The standard InChI is InChI=1S/C26H26N4O3/c1-16(32-4)23-8-9-24(29(23)3)26(31)30-11-12-33-25-10-6-18(13-20(25)15-30)19-5-7-21-22(14-19)28-17(2)27-21/h5-10,13-14H,1,11-12,15H2,2-4H3,(H,27,28). The van der Waals surface area contributed by atoms with Gasteiger partial charge in [0, 0.05) is 19.2 Å². The number of fused-ring (bicyclic) bond motifs is 2. The summed E-state index contributed by atoms with van der Waals surface area (Å²) in [6, 6.07) is 16.0. The Morgan fingerprint density at radius 3 is 2.70 bits per heavy atom. The molecule has 0 atom stereocenters. The van der Waals surface area contributed by atoms with Crippen molar-refractivity contribution in [3.8, 4) is 16.9 Å². The molecule has 2 aromatic carbocycles. The Labute approximate surface area is 192 Å². The van der Waals surface area contributed by atoms with Crippen LogP contribution in [0.3, 0.4) is 0 Å². The van der Waals surface area contributed by atoms with E-state index in [-0.39, 0.29) is 5.91 Å². The third-order valence-electron chi connectivity index (χ3n) is 6.13. The molecule has 1 N–H and O–H groups in total. The molecule has 168 valence electrons. The number of aromatic amines is 1. The van der Waals surface area contributed by atoms with Crippen molar-refractivity contribution in [2.75, 3.05) is 20.3 Å². The number of benzene rings is 2. The number of methoxy groups -OCH3 is 1. The van der Waals surface area contributed by atoms with Crippen LogP contribution in [-0.4, -0.2) is 45.6 Å². The van der Waals surface area contributed by atoms with Gasteiger partial charge in [-0.3, -0.25) is 4.79 Å². The summed E-state index contributed by atoms with van der Waals surface area (Å²) < 4.78 is 13.0. The number of nitrogens with zero attached hydrogens (tertiary/aromatic N) is 3. The van der Waals surface area contributed by atoms with E-state index in [0.717, 1.165) is 45.0 Å². The number of rotatable bonds is 4. The van der Waals surface area contributed by atoms with Gasteiger partial charge in [0.1, 0.15) is 29.6 Å². The van der Waals surface area contributed by atoms with Crippen LogP contribution < -0.4 is 4.74 Å². The normalized spacial score (nSPS) is 13.4. The summed E-state index contributed by atoms with van der Waals surface area (Å²) in [6.07, 6.45) is 0.